The summed E-state index contributed by atoms with van der Waals surface area (Å²) in [5.74, 6) is 1.29. The molecule has 1 aromatic heterocycles. The Morgan fingerprint density at radius 3 is 2.59 bits per heavy atom. The van der Waals surface area contributed by atoms with E-state index >= 15 is 0 Å². The summed E-state index contributed by atoms with van der Waals surface area (Å²) >= 11 is 0. The molecule has 0 atom stereocenters. The Kier molecular flexibility index (Phi) is 3.92. The number of para-hydroxylation sites is 2. The molecular formula is C18H18N2O2. The van der Waals surface area contributed by atoms with E-state index in [4.69, 9.17) is 4.74 Å². The minimum atomic E-state index is 0.435. The van der Waals surface area contributed by atoms with E-state index in [1.165, 1.54) is 11.1 Å². The van der Waals surface area contributed by atoms with Crippen LogP contribution in [-0.4, -0.2) is 22.4 Å². The number of hydrogen-bond acceptors (Lipinski definition) is 3. The highest BCUT2D eigenvalue weighted by Crippen LogP contribution is 2.18. The molecule has 0 N–H and O–H groups in total. The normalized spacial score (nSPS) is 10.8. The van der Waals surface area contributed by atoms with Crippen LogP contribution in [0.3, 0.4) is 0 Å². The molecule has 0 radical (unpaired) electrons. The van der Waals surface area contributed by atoms with Crippen molar-refractivity contribution < 1.29 is 9.53 Å². The summed E-state index contributed by atoms with van der Waals surface area (Å²) in [5, 5.41) is 0. The van der Waals surface area contributed by atoms with Crippen molar-refractivity contribution in [2.24, 2.45) is 0 Å². The van der Waals surface area contributed by atoms with E-state index in [-0.39, 0.29) is 0 Å². The summed E-state index contributed by atoms with van der Waals surface area (Å²) in [6, 6.07) is 13.9. The van der Waals surface area contributed by atoms with Gasteiger partial charge in [-0.1, -0.05) is 18.2 Å². The van der Waals surface area contributed by atoms with Gasteiger partial charge in [0.05, 0.1) is 17.6 Å². The molecule has 0 amide bonds. The Morgan fingerprint density at radius 1 is 1.14 bits per heavy atom. The molecule has 0 spiro atoms. The number of aldehydes is 1. The molecule has 0 bridgehead atoms. The lowest BCUT2D eigenvalue weighted by Gasteiger charge is -2.10. The Labute approximate surface area is 129 Å². The largest absolute Gasteiger partial charge is 0.492 e. The molecule has 0 saturated heterocycles. The number of aromatic nitrogens is 2. The van der Waals surface area contributed by atoms with Gasteiger partial charge in [-0.2, -0.15) is 0 Å². The van der Waals surface area contributed by atoms with Crippen molar-refractivity contribution in [2.45, 2.75) is 20.4 Å². The van der Waals surface area contributed by atoms with Gasteiger partial charge in [0.1, 0.15) is 12.4 Å². The van der Waals surface area contributed by atoms with E-state index < -0.39 is 0 Å². The van der Waals surface area contributed by atoms with E-state index in [0.717, 1.165) is 23.1 Å². The number of benzene rings is 2. The monoisotopic (exact) mass is 294 g/mol. The molecule has 0 fully saturated rings. The Morgan fingerprint density at radius 2 is 1.86 bits per heavy atom. The lowest BCUT2D eigenvalue weighted by atomic mass is 10.1. The van der Waals surface area contributed by atoms with E-state index in [0.29, 0.717) is 19.0 Å². The molecule has 3 rings (SSSR count). The van der Waals surface area contributed by atoms with Gasteiger partial charge in [0.2, 0.25) is 0 Å². The van der Waals surface area contributed by atoms with Gasteiger partial charge >= 0.3 is 0 Å². The quantitative estimate of drug-likeness (QED) is 0.676. The van der Waals surface area contributed by atoms with Gasteiger partial charge in [-0.3, -0.25) is 4.79 Å². The third-order valence-electron chi connectivity index (χ3n) is 3.57. The summed E-state index contributed by atoms with van der Waals surface area (Å²) in [6.45, 7) is 5.17. The van der Waals surface area contributed by atoms with Crippen molar-refractivity contribution in [3.05, 3.63) is 59.4 Å². The fourth-order valence-corrected chi connectivity index (χ4v) is 2.69. The first-order valence-corrected chi connectivity index (χ1v) is 7.29. The molecule has 0 saturated carbocycles. The lowest BCUT2D eigenvalue weighted by molar-refractivity contribution is 0.111. The number of ether oxygens (including phenoxy) is 1. The Balaban J connectivity index is 1.77. The van der Waals surface area contributed by atoms with Crippen LogP contribution in [0.5, 0.6) is 5.75 Å². The summed E-state index contributed by atoms with van der Waals surface area (Å²) in [6.07, 6.45) is 0.789. The van der Waals surface area contributed by atoms with Crippen LogP contribution >= 0.6 is 0 Å². The smallest absolute Gasteiger partial charge is 0.185 e. The number of fused-ring (bicyclic) bond motifs is 1. The van der Waals surface area contributed by atoms with Crippen LogP contribution in [0.1, 0.15) is 21.7 Å². The van der Waals surface area contributed by atoms with E-state index in [9.17, 15) is 4.79 Å². The average molecular weight is 294 g/mol. The van der Waals surface area contributed by atoms with Crippen LogP contribution in [0.15, 0.2) is 42.5 Å². The average Bonchev–Trinajstić information content (AvgIpc) is 2.84. The molecular weight excluding hydrogens is 276 g/mol. The van der Waals surface area contributed by atoms with Crippen molar-refractivity contribution in [1.82, 2.24) is 9.55 Å². The summed E-state index contributed by atoms with van der Waals surface area (Å²) < 4.78 is 7.72. The predicted molar refractivity (Wildman–Crippen MR) is 86.5 cm³/mol. The van der Waals surface area contributed by atoms with Crippen molar-refractivity contribution in [3.8, 4) is 5.75 Å². The number of carbonyl (C=O) groups is 1. The fraction of sp³-hybridized carbons (Fsp3) is 0.222. The number of nitrogens with zero attached hydrogens (tertiary/aromatic N) is 2. The maximum absolute atomic E-state index is 11.2. The van der Waals surface area contributed by atoms with E-state index in [1.807, 2.05) is 54.8 Å². The topological polar surface area (TPSA) is 44.1 Å². The van der Waals surface area contributed by atoms with Crippen LogP contribution in [0.4, 0.5) is 0 Å². The van der Waals surface area contributed by atoms with Crippen LogP contribution in [0, 0.1) is 13.8 Å². The third-order valence-corrected chi connectivity index (χ3v) is 3.57. The maximum atomic E-state index is 11.2. The lowest BCUT2D eigenvalue weighted by Crippen LogP contribution is -2.11. The first kappa shape index (κ1) is 14.3. The highest BCUT2D eigenvalue weighted by molar-refractivity contribution is 5.82. The molecule has 0 aliphatic heterocycles. The molecule has 0 aliphatic carbocycles. The zero-order valence-electron chi connectivity index (χ0n) is 12.7. The zero-order valence-corrected chi connectivity index (χ0v) is 12.7. The number of hydrogen-bond donors (Lipinski definition) is 0. The first-order valence-electron chi connectivity index (χ1n) is 7.29. The molecule has 112 valence electrons. The number of imidazole rings is 1. The van der Waals surface area contributed by atoms with Crippen LogP contribution in [-0.2, 0) is 6.54 Å². The molecule has 22 heavy (non-hydrogen) atoms. The Bertz CT molecular complexity index is 801. The molecule has 3 aromatic rings. The molecule has 0 aliphatic rings. The molecule has 2 aromatic carbocycles. The second-order valence-electron chi connectivity index (χ2n) is 5.40. The highest BCUT2D eigenvalue weighted by Gasteiger charge is 2.09. The summed E-state index contributed by atoms with van der Waals surface area (Å²) in [5.41, 5.74) is 4.14. The summed E-state index contributed by atoms with van der Waals surface area (Å²) in [7, 11) is 0. The highest BCUT2D eigenvalue weighted by atomic mass is 16.5. The first-order chi connectivity index (χ1) is 10.7. The van der Waals surface area contributed by atoms with Gasteiger partial charge in [0.25, 0.3) is 0 Å². The second-order valence-corrected chi connectivity index (χ2v) is 5.40. The van der Waals surface area contributed by atoms with Crippen LogP contribution in [0.25, 0.3) is 11.0 Å². The third kappa shape index (κ3) is 2.86. The number of rotatable bonds is 5. The fourth-order valence-electron chi connectivity index (χ4n) is 2.69. The predicted octanol–water partition coefficient (Wildman–Crippen LogP) is 3.54. The van der Waals surface area contributed by atoms with Gasteiger partial charge in [0, 0.05) is 0 Å². The van der Waals surface area contributed by atoms with Crippen molar-refractivity contribution in [1.29, 1.82) is 0 Å². The Hall–Kier alpha value is -2.62. The van der Waals surface area contributed by atoms with Gasteiger partial charge < -0.3 is 9.30 Å². The van der Waals surface area contributed by atoms with Crippen molar-refractivity contribution >= 4 is 17.3 Å². The van der Waals surface area contributed by atoms with Gasteiger partial charge in [-0.05, 0) is 49.2 Å². The molecule has 0 unspecified atom stereocenters. The zero-order chi connectivity index (χ0) is 15.5. The molecule has 4 nitrogen and oxygen atoms in total. The van der Waals surface area contributed by atoms with Crippen molar-refractivity contribution in [3.63, 3.8) is 0 Å². The van der Waals surface area contributed by atoms with Gasteiger partial charge in [-0.25, -0.2) is 4.98 Å². The van der Waals surface area contributed by atoms with Gasteiger partial charge in [0.15, 0.2) is 12.1 Å². The number of carbonyl (C=O) groups excluding carboxylic acids is 1. The van der Waals surface area contributed by atoms with Crippen LogP contribution in [0.2, 0.25) is 0 Å². The minimum Gasteiger partial charge on any atom is -0.492 e. The second kappa shape index (κ2) is 6.02. The van der Waals surface area contributed by atoms with E-state index in [1.54, 1.807) is 0 Å². The van der Waals surface area contributed by atoms with E-state index in [2.05, 4.69) is 11.1 Å². The number of aryl methyl sites for hydroxylation is 2. The minimum absolute atomic E-state index is 0.435. The SMILES string of the molecule is Cc1cc(C)cc(OCCn2c(C=O)nc3ccccc32)c1. The molecule has 4 heteroatoms. The summed E-state index contributed by atoms with van der Waals surface area (Å²) in [4.78, 5) is 15.5. The van der Waals surface area contributed by atoms with Crippen molar-refractivity contribution in [2.75, 3.05) is 6.61 Å². The van der Waals surface area contributed by atoms with Gasteiger partial charge in [-0.15, -0.1) is 0 Å². The maximum Gasteiger partial charge on any atom is 0.185 e. The van der Waals surface area contributed by atoms with Crippen LogP contribution < -0.4 is 4.74 Å². The standard InChI is InChI=1S/C18H18N2O2/c1-13-9-14(2)11-15(10-13)22-8-7-20-17-6-4-3-5-16(17)19-18(20)12-21/h3-6,9-12H,7-8H2,1-2H3. The molecule has 1 heterocycles.